The van der Waals surface area contributed by atoms with Crippen LogP contribution in [0.2, 0.25) is 0 Å². The Morgan fingerprint density at radius 2 is 1.59 bits per heavy atom. The van der Waals surface area contributed by atoms with E-state index < -0.39 is 0 Å². The monoisotopic (exact) mass is 362 g/mol. The second-order valence-corrected chi connectivity index (χ2v) is 6.51. The molecular weight excluding hydrogens is 344 g/mol. The summed E-state index contributed by atoms with van der Waals surface area (Å²) in [5.41, 5.74) is 2.80. The van der Waals surface area contributed by atoms with Crippen molar-refractivity contribution in [2.24, 2.45) is 0 Å². The minimum Gasteiger partial charge on any atom is -0.378 e. The number of carbonyl (C=O) groups is 2. The van der Waals surface area contributed by atoms with Crippen LogP contribution in [0.4, 0.5) is 5.69 Å². The Hall–Kier alpha value is -3.48. The van der Waals surface area contributed by atoms with Gasteiger partial charge in [-0.1, -0.05) is 17.3 Å². The largest absolute Gasteiger partial charge is 0.378 e. The van der Waals surface area contributed by atoms with Gasteiger partial charge in [0.1, 0.15) is 0 Å². The van der Waals surface area contributed by atoms with Crippen molar-refractivity contribution in [2.75, 3.05) is 25.5 Å². The number of hydrogen-bond donors (Lipinski definition) is 0. The number of aromatic nitrogens is 2. The number of imide groups is 1. The van der Waals surface area contributed by atoms with E-state index in [1.165, 1.54) is 4.90 Å². The Balaban J connectivity index is 1.45. The standard InChI is InChI=1S/C20H18N4O3/c1-23(2)14-9-7-13(8-10-14)18-21-17(27-22-18)11-12-24-19(25)15-5-3-4-6-16(15)20(24)26/h3-10H,11-12H2,1-2H3. The van der Waals surface area contributed by atoms with Crippen molar-refractivity contribution in [3.05, 3.63) is 65.5 Å². The lowest BCUT2D eigenvalue weighted by Crippen LogP contribution is -2.31. The van der Waals surface area contributed by atoms with E-state index >= 15 is 0 Å². The lowest BCUT2D eigenvalue weighted by atomic mass is 10.1. The van der Waals surface area contributed by atoms with Gasteiger partial charge < -0.3 is 9.42 Å². The Labute approximate surface area is 156 Å². The van der Waals surface area contributed by atoms with Crippen LogP contribution < -0.4 is 4.90 Å². The van der Waals surface area contributed by atoms with E-state index in [0.29, 0.717) is 29.3 Å². The summed E-state index contributed by atoms with van der Waals surface area (Å²) in [4.78, 5) is 32.4. The molecule has 7 heteroatoms. The topological polar surface area (TPSA) is 79.5 Å². The summed E-state index contributed by atoms with van der Waals surface area (Å²) < 4.78 is 5.28. The third kappa shape index (κ3) is 3.08. The Morgan fingerprint density at radius 3 is 2.19 bits per heavy atom. The number of hydrogen-bond acceptors (Lipinski definition) is 6. The van der Waals surface area contributed by atoms with Gasteiger partial charge in [-0.05, 0) is 36.4 Å². The molecule has 0 unspecified atom stereocenters. The summed E-state index contributed by atoms with van der Waals surface area (Å²) in [7, 11) is 3.95. The molecule has 1 aliphatic rings. The van der Waals surface area contributed by atoms with Crippen molar-refractivity contribution < 1.29 is 14.1 Å². The SMILES string of the molecule is CN(C)c1ccc(-c2noc(CCN3C(=O)c4ccccc4C3=O)n2)cc1. The van der Waals surface area contributed by atoms with Gasteiger partial charge in [-0.2, -0.15) is 4.98 Å². The highest BCUT2D eigenvalue weighted by Crippen LogP contribution is 2.23. The highest BCUT2D eigenvalue weighted by molar-refractivity contribution is 6.21. The fraction of sp³-hybridized carbons (Fsp3) is 0.200. The molecule has 1 aromatic heterocycles. The molecule has 0 fully saturated rings. The van der Waals surface area contributed by atoms with Crippen LogP contribution in [-0.4, -0.2) is 47.5 Å². The molecule has 1 aliphatic heterocycles. The Kier molecular flexibility index (Phi) is 4.19. The van der Waals surface area contributed by atoms with Gasteiger partial charge in [0, 0.05) is 38.3 Å². The van der Waals surface area contributed by atoms with Gasteiger partial charge in [-0.15, -0.1) is 0 Å². The lowest BCUT2D eigenvalue weighted by Gasteiger charge is -2.12. The van der Waals surface area contributed by atoms with Crippen molar-refractivity contribution in [2.45, 2.75) is 6.42 Å². The fourth-order valence-electron chi connectivity index (χ4n) is 3.03. The number of amides is 2. The Morgan fingerprint density at radius 1 is 0.963 bits per heavy atom. The smallest absolute Gasteiger partial charge is 0.261 e. The molecule has 0 spiro atoms. The number of fused-ring (bicyclic) bond motifs is 1. The van der Waals surface area contributed by atoms with Crippen molar-refractivity contribution in [1.82, 2.24) is 15.0 Å². The average Bonchev–Trinajstić information content (AvgIpc) is 3.25. The number of rotatable bonds is 5. The second-order valence-electron chi connectivity index (χ2n) is 6.51. The molecule has 27 heavy (non-hydrogen) atoms. The van der Waals surface area contributed by atoms with Crippen molar-refractivity contribution in [3.63, 3.8) is 0 Å². The second kappa shape index (κ2) is 6.68. The van der Waals surface area contributed by atoms with E-state index in [1.54, 1.807) is 24.3 Å². The predicted molar refractivity (Wildman–Crippen MR) is 99.6 cm³/mol. The number of benzene rings is 2. The molecular formula is C20H18N4O3. The molecule has 2 aromatic carbocycles. The summed E-state index contributed by atoms with van der Waals surface area (Å²) in [5.74, 6) is 0.306. The first-order chi connectivity index (χ1) is 13.0. The highest BCUT2D eigenvalue weighted by atomic mass is 16.5. The molecule has 0 N–H and O–H groups in total. The van der Waals surface area contributed by atoms with Gasteiger partial charge in [0.15, 0.2) is 0 Å². The molecule has 0 radical (unpaired) electrons. The van der Waals surface area contributed by atoms with Crippen LogP contribution >= 0.6 is 0 Å². The first kappa shape index (κ1) is 17.0. The van der Waals surface area contributed by atoms with Crippen LogP contribution in [0.1, 0.15) is 26.6 Å². The molecule has 0 saturated carbocycles. The number of nitrogens with zero attached hydrogens (tertiary/aromatic N) is 4. The first-order valence-electron chi connectivity index (χ1n) is 8.60. The molecule has 0 saturated heterocycles. The van der Waals surface area contributed by atoms with Gasteiger partial charge in [0.05, 0.1) is 11.1 Å². The van der Waals surface area contributed by atoms with Gasteiger partial charge in [0.25, 0.3) is 11.8 Å². The van der Waals surface area contributed by atoms with Crippen LogP contribution in [0.3, 0.4) is 0 Å². The van der Waals surface area contributed by atoms with Crippen LogP contribution in [0.15, 0.2) is 53.1 Å². The normalized spacial score (nSPS) is 13.2. The minimum absolute atomic E-state index is 0.202. The van der Waals surface area contributed by atoms with Crippen molar-refractivity contribution in [1.29, 1.82) is 0 Å². The van der Waals surface area contributed by atoms with Crippen molar-refractivity contribution >= 4 is 17.5 Å². The zero-order valence-electron chi connectivity index (χ0n) is 15.0. The highest BCUT2D eigenvalue weighted by Gasteiger charge is 2.34. The summed E-state index contributed by atoms with van der Waals surface area (Å²) in [6, 6.07) is 14.6. The molecule has 0 atom stereocenters. The van der Waals surface area contributed by atoms with Gasteiger partial charge >= 0.3 is 0 Å². The predicted octanol–water partition coefficient (Wildman–Crippen LogP) is 2.64. The molecule has 2 heterocycles. The third-order valence-electron chi connectivity index (χ3n) is 4.54. The maximum atomic E-state index is 12.4. The van der Waals surface area contributed by atoms with E-state index in [-0.39, 0.29) is 18.4 Å². The number of anilines is 1. The van der Waals surface area contributed by atoms with Crippen LogP contribution in [0, 0.1) is 0 Å². The lowest BCUT2D eigenvalue weighted by molar-refractivity contribution is 0.0653. The quantitative estimate of drug-likeness (QED) is 0.649. The number of carbonyl (C=O) groups excluding carboxylic acids is 2. The van der Waals surface area contributed by atoms with Crippen molar-refractivity contribution in [3.8, 4) is 11.4 Å². The van der Waals surface area contributed by atoms with Crippen LogP contribution in [0.5, 0.6) is 0 Å². The van der Waals surface area contributed by atoms with Crippen LogP contribution in [-0.2, 0) is 6.42 Å². The molecule has 0 aliphatic carbocycles. The summed E-state index contributed by atoms with van der Waals surface area (Å²) in [5, 5.41) is 4.00. The van der Waals surface area contributed by atoms with E-state index in [4.69, 9.17) is 4.52 Å². The average molecular weight is 362 g/mol. The van der Waals surface area contributed by atoms with Gasteiger partial charge in [-0.25, -0.2) is 0 Å². The van der Waals surface area contributed by atoms with E-state index in [0.717, 1.165) is 11.3 Å². The van der Waals surface area contributed by atoms with E-state index in [1.807, 2.05) is 43.3 Å². The summed E-state index contributed by atoms with van der Waals surface area (Å²) in [6.45, 7) is 0.202. The van der Waals surface area contributed by atoms with E-state index in [9.17, 15) is 9.59 Å². The maximum absolute atomic E-state index is 12.4. The van der Waals surface area contributed by atoms with Gasteiger partial charge in [-0.3, -0.25) is 14.5 Å². The van der Waals surface area contributed by atoms with E-state index in [2.05, 4.69) is 10.1 Å². The zero-order valence-corrected chi connectivity index (χ0v) is 15.0. The first-order valence-corrected chi connectivity index (χ1v) is 8.60. The molecule has 3 aromatic rings. The maximum Gasteiger partial charge on any atom is 0.261 e. The van der Waals surface area contributed by atoms with Crippen LogP contribution in [0.25, 0.3) is 11.4 Å². The third-order valence-corrected chi connectivity index (χ3v) is 4.54. The van der Waals surface area contributed by atoms with Gasteiger partial charge in [0.2, 0.25) is 11.7 Å². The molecule has 2 amide bonds. The molecule has 7 nitrogen and oxygen atoms in total. The Bertz CT molecular complexity index is 973. The molecule has 136 valence electrons. The minimum atomic E-state index is -0.283. The summed E-state index contributed by atoms with van der Waals surface area (Å²) >= 11 is 0. The summed E-state index contributed by atoms with van der Waals surface area (Å²) in [6.07, 6.45) is 0.314. The molecule has 4 rings (SSSR count). The fourth-order valence-corrected chi connectivity index (χ4v) is 3.03. The zero-order chi connectivity index (χ0) is 19.0. The molecule has 0 bridgehead atoms.